The van der Waals surface area contributed by atoms with Crippen LogP contribution >= 0.6 is 0 Å². The average Bonchev–Trinajstić information content (AvgIpc) is 3.55. The van der Waals surface area contributed by atoms with Gasteiger partial charge in [-0.25, -0.2) is 0 Å². The molecule has 0 aromatic heterocycles. The van der Waals surface area contributed by atoms with Crippen LogP contribution in [-0.4, -0.2) is 11.1 Å². The fourth-order valence-electron chi connectivity index (χ4n) is 3.47. The molecule has 1 N–H and O–H groups in total. The fraction of sp³-hybridized carbons (Fsp3) is 0.208. The summed E-state index contributed by atoms with van der Waals surface area (Å²) in [5, 5.41) is 9.68. The van der Waals surface area contributed by atoms with E-state index in [2.05, 4.69) is 0 Å². The minimum absolute atomic E-state index is 0.302. The van der Waals surface area contributed by atoms with Crippen molar-refractivity contribution in [3.8, 4) is 16.9 Å². The zero-order valence-corrected chi connectivity index (χ0v) is 15.9. The van der Waals surface area contributed by atoms with E-state index in [0.717, 1.165) is 17.7 Å². The number of ether oxygens (including phenoxy) is 1. The Morgan fingerprint density at radius 2 is 1.60 bits per heavy atom. The SMILES string of the molecule is O=C(O)C1(c2cc(OCc3ccccc3)cc(-c3ccc(C(F)(F)F)cc3)c2)CC1. The van der Waals surface area contributed by atoms with Crippen molar-refractivity contribution in [2.75, 3.05) is 0 Å². The van der Waals surface area contributed by atoms with Crippen molar-refractivity contribution in [2.24, 2.45) is 0 Å². The van der Waals surface area contributed by atoms with Crippen molar-refractivity contribution in [3.63, 3.8) is 0 Å². The van der Waals surface area contributed by atoms with Gasteiger partial charge in [-0.2, -0.15) is 13.2 Å². The Morgan fingerprint density at radius 1 is 0.933 bits per heavy atom. The summed E-state index contributed by atoms with van der Waals surface area (Å²) >= 11 is 0. The normalized spacial score (nSPS) is 14.9. The Kier molecular flexibility index (Phi) is 5.02. The molecule has 0 bridgehead atoms. The van der Waals surface area contributed by atoms with Crippen molar-refractivity contribution in [3.05, 3.63) is 89.5 Å². The van der Waals surface area contributed by atoms with Crippen LogP contribution in [-0.2, 0) is 23.0 Å². The first-order valence-corrected chi connectivity index (χ1v) is 9.51. The number of benzene rings is 3. The third-order valence-electron chi connectivity index (χ3n) is 5.41. The van der Waals surface area contributed by atoms with Crippen molar-refractivity contribution in [1.29, 1.82) is 0 Å². The van der Waals surface area contributed by atoms with E-state index in [1.54, 1.807) is 18.2 Å². The molecule has 3 aromatic rings. The summed E-state index contributed by atoms with van der Waals surface area (Å²) in [6.07, 6.45) is -3.36. The summed E-state index contributed by atoms with van der Waals surface area (Å²) in [6, 6.07) is 19.5. The molecule has 3 aromatic carbocycles. The molecule has 0 heterocycles. The van der Waals surface area contributed by atoms with Crippen molar-refractivity contribution in [1.82, 2.24) is 0 Å². The van der Waals surface area contributed by atoms with Crippen LogP contribution in [0.2, 0.25) is 0 Å². The number of aliphatic carboxylic acids is 1. The topological polar surface area (TPSA) is 46.5 Å². The lowest BCUT2D eigenvalue weighted by atomic mass is 9.92. The first-order valence-electron chi connectivity index (χ1n) is 9.51. The lowest BCUT2D eigenvalue weighted by molar-refractivity contribution is -0.140. The molecule has 0 unspecified atom stereocenters. The second-order valence-electron chi connectivity index (χ2n) is 7.48. The fourth-order valence-corrected chi connectivity index (χ4v) is 3.47. The van der Waals surface area contributed by atoms with E-state index in [1.807, 2.05) is 30.3 Å². The van der Waals surface area contributed by atoms with Crippen molar-refractivity contribution >= 4 is 5.97 Å². The summed E-state index contributed by atoms with van der Waals surface area (Å²) in [5.41, 5.74) is 1.07. The molecule has 3 nitrogen and oxygen atoms in total. The van der Waals surface area contributed by atoms with Gasteiger partial charge in [-0.1, -0.05) is 42.5 Å². The Morgan fingerprint density at radius 3 is 2.17 bits per heavy atom. The minimum atomic E-state index is -4.41. The maximum absolute atomic E-state index is 12.9. The van der Waals surface area contributed by atoms with Crippen LogP contribution < -0.4 is 4.74 Å². The Hall–Kier alpha value is -3.28. The second-order valence-corrected chi connectivity index (χ2v) is 7.48. The summed E-state index contributed by atoms with van der Waals surface area (Å²) < 4.78 is 44.5. The number of carbonyl (C=O) groups is 1. The van der Waals surface area contributed by atoms with Gasteiger partial charge in [0, 0.05) is 0 Å². The van der Waals surface area contributed by atoms with Gasteiger partial charge < -0.3 is 9.84 Å². The molecule has 4 rings (SSSR count). The monoisotopic (exact) mass is 412 g/mol. The van der Waals surface area contributed by atoms with Gasteiger partial charge in [0.1, 0.15) is 12.4 Å². The highest BCUT2D eigenvalue weighted by Gasteiger charge is 2.52. The highest BCUT2D eigenvalue weighted by molar-refractivity contribution is 5.86. The molecule has 1 fully saturated rings. The number of carboxylic acid groups (broad SMARTS) is 1. The molecule has 1 aliphatic carbocycles. The van der Waals surface area contributed by atoms with Crippen LogP contribution in [0.3, 0.4) is 0 Å². The molecule has 0 amide bonds. The molecule has 6 heteroatoms. The molecule has 0 radical (unpaired) electrons. The van der Waals surface area contributed by atoms with Crippen molar-refractivity contribution in [2.45, 2.75) is 31.0 Å². The van der Waals surface area contributed by atoms with Gasteiger partial charge in [0.25, 0.3) is 0 Å². The summed E-state index contributed by atoms with van der Waals surface area (Å²) in [7, 11) is 0. The van der Waals surface area contributed by atoms with Crippen LogP contribution in [0.1, 0.15) is 29.5 Å². The lowest BCUT2D eigenvalue weighted by Crippen LogP contribution is -2.19. The second kappa shape index (κ2) is 7.52. The first kappa shape index (κ1) is 20.0. The minimum Gasteiger partial charge on any atom is -0.489 e. The molecule has 1 saturated carbocycles. The van der Waals surface area contributed by atoms with Crippen LogP contribution in [0.5, 0.6) is 5.75 Å². The number of hydrogen-bond donors (Lipinski definition) is 1. The Balaban J connectivity index is 1.69. The van der Waals surface area contributed by atoms with Gasteiger partial charge in [-0.15, -0.1) is 0 Å². The van der Waals surface area contributed by atoms with Gasteiger partial charge >= 0.3 is 12.1 Å². The molecule has 1 aliphatic rings. The van der Waals surface area contributed by atoms with Gasteiger partial charge in [0.05, 0.1) is 11.0 Å². The third kappa shape index (κ3) is 4.03. The Bertz CT molecular complexity index is 1050. The number of rotatable bonds is 6. The van der Waals surface area contributed by atoms with E-state index >= 15 is 0 Å². The van der Waals surface area contributed by atoms with Gasteiger partial charge in [0.2, 0.25) is 0 Å². The predicted octanol–water partition coefficient (Wildman–Crippen LogP) is 6.07. The molecular formula is C24H19F3O3. The molecule has 0 aliphatic heterocycles. The maximum atomic E-state index is 12.9. The highest BCUT2D eigenvalue weighted by atomic mass is 19.4. The smallest absolute Gasteiger partial charge is 0.416 e. The molecule has 0 saturated heterocycles. The largest absolute Gasteiger partial charge is 0.489 e. The molecule has 30 heavy (non-hydrogen) atoms. The predicted molar refractivity (Wildman–Crippen MR) is 106 cm³/mol. The van der Waals surface area contributed by atoms with Crippen LogP contribution in [0.25, 0.3) is 11.1 Å². The average molecular weight is 412 g/mol. The van der Waals surface area contributed by atoms with Crippen LogP contribution in [0.4, 0.5) is 13.2 Å². The van der Waals surface area contributed by atoms with Gasteiger partial charge in [-0.3, -0.25) is 4.79 Å². The van der Waals surface area contributed by atoms with Crippen molar-refractivity contribution < 1.29 is 27.8 Å². The number of halogens is 3. The molecule has 0 spiro atoms. The summed E-state index contributed by atoms with van der Waals surface area (Å²) in [6.45, 7) is 0.302. The first-order chi connectivity index (χ1) is 14.3. The molecular weight excluding hydrogens is 393 g/mol. The quantitative estimate of drug-likeness (QED) is 0.535. The zero-order chi connectivity index (χ0) is 21.4. The summed E-state index contributed by atoms with van der Waals surface area (Å²) in [4.78, 5) is 11.8. The third-order valence-corrected chi connectivity index (χ3v) is 5.41. The lowest BCUT2D eigenvalue weighted by Gasteiger charge is -2.16. The van der Waals surface area contributed by atoms with E-state index in [0.29, 0.717) is 41.9 Å². The molecule has 0 atom stereocenters. The van der Waals surface area contributed by atoms with Crippen LogP contribution in [0.15, 0.2) is 72.8 Å². The van der Waals surface area contributed by atoms with E-state index in [4.69, 9.17) is 4.74 Å². The van der Waals surface area contributed by atoms with Crippen LogP contribution in [0, 0.1) is 0 Å². The van der Waals surface area contributed by atoms with E-state index in [9.17, 15) is 23.1 Å². The van der Waals surface area contributed by atoms with Gasteiger partial charge in [-0.05, 0) is 65.4 Å². The zero-order valence-electron chi connectivity index (χ0n) is 15.9. The maximum Gasteiger partial charge on any atom is 0.416 e. The van der Waals surface area contributed by atoms with E-state index in [-0.39, 0.29) is 0 Å². The van der Waals surface area contributed by atoms with Gasteiger partial charge in [0.15, 0.2) is 0 Å². The number of hydrogen-bond acceptors (Lipinski definition) is 2. The number of carboxylic acids is 1. The van der Waals surface area contributed by atoms with E-state index in [1.165, 1.54) is 12.1 Å². The number of alkyl halides is 3. The van der Waals surface area contributed by atoms with E-state index < -0.39 is 23.1 Å². The highest BCUT2D eigenvalue weighted by Crippen LogP contribution is 2.50. The molecule has 154 valence electrons. The Labute approximate surface area is 171 Å². The summed E-state index contributed by atoms with van der Waals surface area (Å²) in [5.74, 6) is -0.417. The standard InChI is InChI=1S/C24H19F3O3/c25-24(26,27)19-8-6-17(7-9-19)18-12-20(23(10-11-23)22(28)29)14-21(13-18)30-15-16-4-2-1-3-5-16/h1-9,12-14H,10-11,15H2,(H,28,29).